The third-order valence-corrected chi connectivity index (χ3v) is 6.49. The van der Waals surface area contributed by atoms with E-state index >= 15 is 0 Å². The van der Waals surface area contributed by atoms with Crippen molar-refractivity contribution in [2.75, 3.05) is 0 Å². The van der Waals surface area contributed by atoms with E-state index in [2.05, 4.69) is 18.2 Å². The summed E-state index contributed by atoms with van der Waals surface area (Å²) in [5.74, 6) is -12.1. The maximum Gasteiger partial charge on any atom is 0.459 e. The molecule has 44 heavy (non-hydrogen) atoms. The van der Waals surface area contributed by atoms with Gasteiger partial charge in [-0.25, -0.2) is 0 Å². The number of halogens is 7. The molecular formula is C32H30F7IrN2O2-. The Morgan fingerprint density at radius 1 is 0.705 bits per heavy atom. The molecule has 2 unspecified atom stereocenters. The Hall–Kier alpha value is -3.18. The standard InChI is InChI=1S/C22H15N2.C10H15F7O2.Ir/c1-4-10-17(11-5-1)20-16-23-21(18-12-6-2-7-13-18)22(24-20)19-14-8-3-9-15-19;1-7(2,3)5(18)4-6(19)8(11,12)9(13,14)10(15,16)17;/h1-12,14-16H;5-6,18-19H,4H2,1-3H3;/q-1;;. The second kappa shape index (κ2) is 14.7. The van der Waals surface area contributed by atoms with Crippen molar-refractivity contribution >= 4 is 0 Å². The Morgan fingerprint density at radius 2 is 1.23 bits per heavy atom. The monoisotopic (exact) mass is 800 g/mol. The van der Waals surface area contributed by atoms with E-state index in [0.717, 1.165) is 33.8 Å². The fourth-order valence-corrected chi connectivity index (χ4v) is 3.78. The first-order valence-corrected chi connectivity index (χ1v) is 13.1. The summed E-state index contributed by atoms with van der Waals surface area (Å²) in [7, 11) is 0. The minimum atomic E-state index is -6.50. The molecule has 0 spiro atoms. The SMILES string of the molecule is CC(C)(C)C(O)CC(O)C(F)(F)C(F)(F)C(F)(F)F.[Ir].[c-]1ccccc1-c1ncc(-c2ccccc2)nc1-c1ccccc1. The zero-order valence-electron chi connectivity index (χ0n) is 23.8. The maximum atomic E-state index is 13.0. The Balaban J connectivity index is 0.000000310. The second-order valence-electron chi connectivity index (χ2n) is 10.8. The number of aromatic nitrogens is 2. The summed E-state index contributed by atoms with van der Waals surface area (Å²) in [6.07, 6.45) is -11.0. The van der Waals surface area contributed by atoms with Gasteiger partial charge in [0.05, 0.1) is 17.5 Å². The molecule has 12 heteroatoms. The first kappa shape index (κ1) is 37.0. The van der Waals surface area contributed by atoms with E-state index in [9.17, 15) is 35.8 Å². The Kier molecular flexibility index (Phi) is 12.4. The van der Waals surface area contributed by atoms with Crippen molar-refractivity contribution in [2.24, 2.45) is 5.41 Å². The van der Waals surface area contributed by atoms with Gasteiger partial charge in [0, 0.05) is 44.0 Å². The van der Waals surface area contributed by atoms with Gasteiger partial charge in [-0.3, -0.25) is 4.98 Å². The van der Waals surface area contributed by atoms with Gasteiger partial charge < -0.3 is 15.2 Å². The van der Waals surface area contributed by atoms with Gasteiger partial charge in [0.15, 0.2) is 0 Å². The third kappa shape index (κ3) is 8.71. The van der Waals surface area contributed by atoms with Gasteiger partial charge in [-0.1, -0.05) is 81.4 Å². The van der Waals surface area contributed by atoms with Gasteiger partial charge in [-0.2, -0.15) is 30.7 Å². The molecule has 4 rings (SSSR count). The van der Waals surface area contributed by atoms with Gasteiger partial charge >= 0.3 is 18.0 Å². The van der Waals surface area contributed by atoms with E-state index in [4.69, 9.17) is 15.1 Å². The smallest absolute Gasteiger partial charge is 0.392 e. The molecule has 1 radical (unpaired) electrons. The molecule has 0 fully saturated rings. The molecule has 0 bridgehead atoms. The number of aliphatic hydroxyl groups is 2. The molecule has 1 aromatic heterocycles. The van der Waals surface area contributed by atoms with E-state index in [1.807, 2.05) is 79.0 Å². The number of aliphatic hydroxyl groups excluding tert-OH is 2. The Bertz CT molecular complexity index is 1450. The Morgan fingerprint density at radius 3 is 1.70 bits per heavy atom. The molecule has 0 saturated carbocycles. The van der Waals surface area contributed by atoms with Crippen molar-refractivity contribution in [3.05, 3.63) is 97.2 Å². The van der Waals surface area contributed by atoms with Gasteiger partial charge in [-0.15, -0.1) is 35.9 Å². The van der Waals surface area contributed by atoms with Gasteiger partial charge in [0.2, 0.25) is 0 Å². The van der Waals surface area contributed by atoms with Crippen molar-refractivity contribution in [2.45, 2.75) is 57.4 Å². The van der Waals surface area contributed by atoms with Gasteiger partial charge in [0.1, 0.15) is 6.10 Å². The van der Waals surface area contributed by atoms with Crippen LogP contribution in [-0.4, -0.2) is 50.4 Å². The largest absolute Gasteiger partial charge is 0.459 e. The van der Waals surface area contributed by atoms with E-state index in [-0.39, 0.29) is 20.1 Å². The first-order chi connectivity index (χ1) is 20.0. The number of hydrogen-bond donors (Lipinski definition) is 2. The zero-order chi connectivity index (χ0) is 32.1. The zero-order valence-corrected chi connectivity index (χ0v) is 26.2. The minimum absolute atomic E-state index is 0. The molecule has 4 aromatic rings. The van der Waals surface area contributed by atoms with Crippen molar-refractivity contribution < 1.29 is 61.1 Å². The summed E-state index contributed by atoms with van der Waals surface area (Å²) in [6, 6.07) is 31.4. The number of benzene rings is 3. The predicted octanol–water partition coefficient (Wildman–Crippen LogP) is 8.25. The molecule has 239 valence electrons. The average molecular weight is 800 g/mol. The molecular weight excluding hydrogens is 770 g/mol. The number of nitrogens with zero attached hydrogens (tertiary/aromatic N) is 2. The van der Waals surface area contributed by atoms with E-state index in [1.165, 1.54) is 20.8 Å². The van der Waals surface area contributed by atoms with Crippen LogP contribution >= 0.6 is 0 Å². The molecule has 0 amide bonds. The van der Waals surface area contributed by atoms with Crippen LogP contribution in [0, 0.1) is 11.5 Å². The average Bonchev–Trinajstić information content (AvgIpc) is 2.97. The fraction of sp³-hybridized carbons (Fsp3) is 0.312. The van der Waals surface area contributed by atoms with Crippen LogP contribution in [0.1, 0.15) is 27.2 Å². The fourth-order valence-electron chi connectivity index (χ4n) is 3.78. The summed E-state index contributed by atoms with van der Waals surface area (Å²) >= 11 is 0. The van der Waals surface area contributed by atoms with Crippen molar-refractivity contribution in [3.8, 4) is 33.8 Å². The van der Waals surface area contributed by atoms with Crippen LogP contribution < -0.4 is 0 Å². The molecule has 2 atom stereocenters. The number of rotatable bonds is 7. The van der Waals surface area contributed by atoms with Gasteiger partial charge in [0.25, 0.3) is 0 Å². The van der Waals surface area contributed by atoms with Crippen LogP contribution in [0.4, 0.5) is 30.7 Å². The molecule has 0 aliphatic carbocycles. The molecule has 2 N–H and O–H groups in total. The second-order valence-corrected chi connectivity index (χ2v) is 10.8. The minimum Gasteiger partial charge on any atom is -0.392 e. The molecule has 0 saturated heterocycles. The molecule has 4 nitrogen and oxygen atoms in total. The topological polar surface area (TPSA) is 66.2 Å². The normalized spacial score (nSPS) is 13.6. The predicted molar refractivity (Wildman–Crippen MR) is 149 cm³/mol. The molecule has 0 aliphatic heterocycles. The third-order valence-electron chi connectivity index (χ3n) is 6.49. The van der Waals surface area contributed by atoms with E-state index in [1.54, 1.807) is 0 Å². The number of hydrogen-bond acceptors (Lipinski definition) is 4. The number of alkyl halides is 7. The summed E-state index contributed by atoms with van der Waals surface area (Å²) < 4.78 is 86.8. The van der Waals surface area contributed by atoms with Crippen LogP contribution in [-0.2, 0) is 20.1 Å². The van der Waals surface area contributed by atoms with Crippen LogP contribution in [0.3, 0.4) is 0 Å². The summed E-state index contributed by atoms with van der Waals surface area (Å²) in [6.45, 7) is 4.05. The van der Waals surface area contributed by atoms with E-state index in [0.29, 0.717) is 0 Å². The summed E-state index contributed by atoms with van der Waals surface area (Å²) in [5, 5.41) is 18.3. The maximum absolute atomic E-state index is 13.0. The first-order valence-electron chi connectivity index (χ1n) is 13.1. The molecule has 0 aliphatic rings. The summed E-state index contributed by atoms with van der Waals surface area (Å²) in [4.78, 5) is 9.61. The van der Waals surface area contributed by atoms with Gasteiger partial charge in [-0.05, 0) is 11.0 Å². The van der Waals surface area contributed by atoms with Crippen LogP contribution in [0.25, 0.3) is 33.8 Å². The van der Waals surface area contributed by atoms with E-state index < -0.39 is 42.1 Å². The molecule has 1 heterocycles. The van der Waals surface area contributed by atoms with Crippen molar-refractivity contribution in [3.63, 3.8) is 0 Å². The van der Waals surface area contributed by atoms with Crippen LogP contribution in [0.15, 0.2) is 91.1 Å². The summed E-state index contributed by atoms with van der Waals surface area (Å²) in [5.41, 5.74) is 4.60. The van der Waals surface area contributed by atoms with Crippen LogP contribution in [0.2, 0.25) is 0 Å². The molecule has 3 aromatic carbocycles. The van der Waals surface area contributed by atoms with Crippen molar-refractivity contribution in [1.29, 1.82) is 0 Å². The quantitative estimate of drug-likeness (QED) is 0.146. The van der Waals surface area contributed by atoms with Crippen LogP contribution in [0.5, 0.6) is 0 Å². The Labute approximate surface area is 264 Å². The van der Waals surface area contributed by atoms with Crippen molar-refractivity contribution in [1.82, 2.24) is 9.97 Å².